The van der Waals surface area contributed by atoms with Crippen LogP contribution in [0.3, 0.4) is 0 Å². The summed E-state index contributed by atoms with van der Waals surface area (Å²) in [6, 6.07) is 11.1. The molecule has 2 rings (SSSR count). The van der Waals surface area contributed by atoms with Gasteiger partial charge >= 0.3 is 0 Å². The van der Waals surface area contributed by atoms with E-state index < -0.39 is 0 Å². The number of rotatable bonds is 4. The summed E-state index contributed by atoms with van der Waals surface area (Å²) in [5, 5.41) is 0.688. The van der Waals surface area contributed by atoms with Crippen LogP contribution in [0.2, 0.25) is 5.02 Å². The lowest BCUT2D eigenvalue weighted by Crippen LogP contribution is -1.94. The molecule has 1 aromatic carbocycles. The van der Waals surface area contributed by atoms with Gasteiger partial charge in [0.1, 0.15) is 11.5 Å². The summed E-state index contributed by atoms with van der Waals surface area (Å²) in [6.07, 6.45) is 1.56. The number of carbonyl (C=O) groups excluding carboxylic acids is 1. The maximum absolute atomic E-state index is 10.7. The Morgan fingerprint density at radius 1 is 1.28 bits per heavy atom. The summed E-state index contributed by atoms with van der Waals surface area (Å²) in [6.45, 7) is 1.68. The molecule has 0 saturated heterocycles. The van der Waals surface area contributed by atoms with Crippen LogP contribution in [0.15, 0.2) is 45.8 Å². The van der Waals surface area contributed by atoms with Gasteiger partial charge in [-0.25, -0.2) is 0 Å². The number of ketones is 1. The fourth-order valence-corrected chi connectivity index (χ4v) is 1.58. The van der Waals surface area contributed by atoms with Crippen LogP contribution in [0.1, 0.15) is 12.7 Å². The molecule has 0 spiro atoms. The van der Waals surface area contributed by atoms with Crippen LogP contribution < -0.4 is 0 Å². The van der Waals surface area contributed by atoms with Gasteiger partial charge in [0.25, 0.3) is 0 Å². The van der Waals surface area contributed by atoms with Crippen molar-refractivity contribution in [3.8, 4) is 11.3 Å². The van der Waals surface area contributed by atoms with Gasteiger partial charge in [-0.05, 0) is 43.3 Å². The van der Waals surface area contributed by atoms with Crippen LogP contribution in [-0.4, -0.2) is 18.5 Å². The van der Waals surface area contributed by atoms with Crippen LogP contribution >= 0.6 is 11.6 Å². The molecule has 4 heteroatoms. The Morgan fingerprint density at radius 2 is 2.00 bits per heavy atom. The van der Waals surface area contributed by atoms with Gasteiger partial charge in [0.15, 0.2) is 5.78 Å². The van der Waals surface area contributed by atoms with Gasteiger partial charge in [-0.3, -0.25) is 9.79 Å². The van der Waals surface area contributed by atoms with Gasteiger partial charge in [0, 0.05) is 10.6 Å². The topological polar surface area (TPSA) is 42.6 Å². The van der Waals surface area contributed by atoms with Crippen molar-refractivity contribution in [2.24, 2.45) is 4.99 Å². The SMILES string of the molecule is CC(=O)CN=Cc1ccc(-c2ccc(Cl)cc2)o1. The zero-order valence-corrected chi connectivity index (χ0v) is 10.6. The quantitative estimate of drug-likeness (QED) is 0.789. The molecule has 0 aliphatic rings. The Morgan fingerprint density at radius 3 is 2.67 bits per heavy atom. The summed E-state index contributed by atoms with van der Waals surface area (Å²) < 4.78 is 5.59. The van der Waals surface area contributed by atoms with E-state index in [1.165, 1.54) is 6.92 Å². The van der Waals surface area contributed by atoms with E-state index >= 15 is 0 Å². The van der Waals surface area contributed by atoms with Crippen LogP contribution in [0.5, 0.6) is 0 Å². The maximum atomic E-state index is 10.7. The minimum Gasteiger partial charge on any atom is -0.455 e. The Balaban J connectivity index is 2.12. The summed E-state index contributed by atoms with van der Waals surface area (Å²) in [5.41, 5.74) is 0.950. The van der Waals surface area contributed by atoms with Gasteiger partial charge in [-0.15, -0.1) is 0 Å². The number of nitrogens with zero attached hydrogens (tertiary/aromatic N) is 1. The van der Waals surface area contributed by atoms with Gasteiger partial charge in [0.05, 0.1) is 12.8 Å². The summed E-state index contributed by atoms with van der Waals surface area (Å²) >= 11 is 5.82. The third kappa shape index (κ3) is 3.31. The molecule has 0 fully saturated rings. The molecule has 0 saturated carbocycles. The van der Waals surface area contributed by atoms with E-state index in [2.05, 4.69) is 4.99 Å². The van der Waals surface area contributed by atoms with Crippen molar-refractivity contribution in [3.63, 3.8) is 0 Å². The molecular weight excluding hydrogens is 250 g/mol. The van der Waals surface area contributed by atoms with E-state index in [-0.39, 0.29) is 12.3 Å². The second kappa shape index (κ2) is 5.65. The Labute approximate surface area is 110 Å². The Hall–Kier alpha value is -1.87. The highest BCUT2D eigenvalue weighted by molar-refractivity contribution is 6.30. The molecule has 0 atom stereocenters. The van der Waals surface area contributed by atoms with E-state index in [0.29, 0.717) is 10.8 Å². The molecule has 3 nitrogen and oxygen atoms in total. The molecule has 0 bridgehead atoms. The Kier molecular flexibility index (Phi) is 3.95. The van der Waals surface area contributed by atoms with Crippen molar-refractivity contribution in [2.75, 3.05) is 6.54 Å². The first-order valence-corrected chi connectivity index (χ1v) is 5.88. The number of furan rings is 1. The lowest BCUT2D eigenvalue weighted by molar-refractivity contribution is -0.115. The molecule has 0 unspecified atom stereocenters. The Bertz CT molecular complexity index is 570. The first-order valence-electron chi connectivity index (χ1n) is 5.50. The van der Waals surface area contributed by atoms with Gasteiger partial charge in [0.2, 0.25) is 0 Å². The third-order valence-corrected chi connectivity index (χ3v) is 2.54. The van der Waals surface area contributed by atoms with Crippen molar-refractivity contribution >= 4 is 23.6 Å². The van der Waals surface area contributed by atoms with Gasteiger partial charge < -0.3 is 4.42 Å². The maximum Gasteiger partial charge on any atom is 0.151 e. The second-order valence-electron chi connectivity index (χ2n) is 3.88. The molecule has 0 aliphatic carbocycles. The fraction of sp³-hybridized carbons (Fsp3) is 0.143. The minimum absolute atomic E-state index is 0.0238. The molecule has 0 N–H and O–H groups in total. The third-order valence-electron chi connectivity index (χ3n) is 2.29. The fourth-order valence-electron chi connectivity index (χ4n) is 1.46. The number of hydrogen-bond acceptors (Lipinski definition) is 3. The van der Waals surface area contributed by atoms with Crippen LogP contribution in [-0.2, 0) is 4.79 Å². The number of carbonyl (C=O) groups is 1. The summed E-state index contributed by atoms with van der Waals surface area (Å²) in [5.74, 6) is 1.40. The molecule has 1 aromatic heterocycles. The number of hydrogen-bond donors (Lipinski definition) is 0. The molecule has 0 aliphatic heterocycles. The van der Waals surface area contributed by atoms with Crippen molar-refractivity contribution in [3.05, 3.63) is 47.2 Å². The molecule has 2 aromatic rings. The standard InChI is InChI=1S/C14H12ClNO2/c1-10(17)8-16-9-13-6-7-14(18-13)11-2-4-12(15)5-3-11/h2-7,9H,8H2,1H3. The van der Waals surface area contributed by atoms with E-state index in [0.717, 1.165) is 11.3 Å². The highest BCUT2D eigenvalue weighted by atomic mass is 35.5. The zero-order valence-electron chi connectivity index (χ0n) is 9.89. The van der Waals surface area contributed by atoms with Crippen LogP contribution in [0.4, 0.5) is 0 Å². The molecule has 0 radical (unpaired) electrons. The smallest absolute Gasteiger partial charge is 0.151 e. The van der Waals surface area contributed by atoms with Crippen molar-refractivity contribution in [2.45, 2.75) is 6.92 Å². The number of aliphatic imine (C=N–C) groups is 1. The first kappa shape index (κ1) is 12.6. The lowest BCUT2D eigenvalue weighted by Gasteiger charge is -1.96. The summed E-state index contributed by atoms with van der Waals surface area (Å²) in [7, 11) is 0. The van der Waals surface area contributed by atoms with Crippen molar-refractivity contribution < 1.29 is 9.21 Å². The number of halogens is 1. The molecule has 1 heterocycles. The second-order valence-corrected chi connectivity index (χ2v) is 4.32. The largest absolute Gasteiger partial charge is 0.455 e. The van der Waals surface area contributed by atoms with E-state index in [1.807, 2.05) is 36.4 Å². The number of Topliss-reactive ketones (excluding diaryl/α,β-unsaturated/α-hetero) is 1. The molecule has 18 heavy (non-hydrogen) atoms. The zero-order chi connectivity index (χ0) is 13.0. The van der Waals surface area contributed by atoms with Crippen LogP contribution in [0, 0.1) is 0 Å². The molecule has 92 valence electrons. The number of benzene rings is 1. The normalized spacial score (nSPS) is 11.0. The lowest BCUT2D eigenvalue weighted by atomic mass is 10.2. The first-order chi connectivity index (χ1) is 8.65. The average molecular weight is 262 g/mol. The van der Waals surface area contributed by atoms with Crippen LogP contribution in [0.25, 0.3) is 11.3 Å². The van der Waals surface area contributed by atoms with Gasteiger partial charge in [-0.1, -0.05) is 11.6 Å². The van der Waals surface area contributed by atoms with Crippen molar-refractivity contribution in [1.82, 2.24) is 0 Å². The predicted molar refractivity (Wildman–Crippen MR) is 72.3 cm³/mol. The van der Waals surface area contributed by atoms with Crippen molar-refractivity contribution in [1.29, 1.82) is 0 Å². The van der Waals surface area contributed by atoms with Gasteiger partial charge in [-0.2, -0.15) is 0 Å². The van der Waals surface area contributed by atoms with E-state index in [9.17, 15) is 4.79 Å². The monoisotopic (exact) mass is 261 g/mol. The van der Waals surface area contributed by atoms with E-state index in [4.69, 9.17) is 16.0 Å². The minimum atomic E-state index is 0.0238. The van der Waals surface area contributed by atoms with E-state index in [1.54, 1.807) is 6.21 Å². The molecular formula is C14H12ClNO2. The highest BCUT2D eigenvalue weighted by Crippen LogP contribution is 2.23. The molecule has 0 amide bonds. The highest BCUT2D eigenvalue weighted by Gasteiger charge is 2.03. The summed E-state index contributed by atoms with van der Waals surface area (Å²) in [4.78, 5) is 14.7. The average Bonchev–Trinajstić information content (AvgIpc) is 2.78. The predicted octanol–water partition coefficient (Wildman–Crippen LogP) is 3.61.